The van der Waals surface area contributed by atoms with Gasteiger partial charge in [0.1, 0.15) is 0 Å². The first-order valence-electron chi connectivity index (χ1n) is 8.47. The molecule has 1 aromatic carbocycles. The fourth-order valence-corrected chi connectivity index (χ4v) is 4.44. The van der Waals surface area contributed by atoms with Crippen LogP contribution < -0.4 is 0 Å². The highest BCUT2D eigenvalue weighted by atomic mass is 35.5. The predicted octanol–water partition coefficient (Wildman–Crippen LogP) is 4.38. The third-order valence-corrected chi connectivity index (χ3v) is 5.95. The summed E-state index contributed by atoms with van der Waals surface area (Å²) in [6, 6.07) is 8.76. The largest absolute Gasteiger partial charge is 0.478 e. The van der Waals surface area contributed by atoms with Gasteiger partial charge in [-0.3, -0.25) is 0 Å². The summed E-state index contributed by atoms with van der Waals surface area (Å²) in [6.45, 7) is 0. The van der Waals surface area contributed by atoms with Crippen molar-refractivity contribution in [1.82, 2.24) is 19.7 Å². The van der Waals surface area contributed by atoms with Gasteiger partial charge in [0.25, 0.3) is 0 Å². The lowest BCUT2D eigenvalue weighted by Crippen LogP contribution is -2.07. The summed E-state index contributed by atoms with van der Waals surface area (Å²) >= 11 is 7.53. The molecule has 8 heteroatoms. The van der Waals surface area contributed by atoms with Crippen molar-refractivity contribution in [2.24, 2.45) is 0 Å². The summed E-state index contributed by atoms with van der Waals surface area (Å²) in [6.07, 6.45) is 4.53. The molecule has 3 heterocycles. The summed E-state index contributed by atoms with van der Waals surface area (Å²) in [7, 11) is 0. The van der Waals surface area contributed by atoms with Crippen LogP contribution in [-0.4, -0.2) is 30.8 Å². The second-order valence-electron chi connectivity index (χ2n) is 6.39. The standard InChI is InChI=1S/C19H13ClN4O2S/c20-16-7-6-15(27-16)17-22-13-3-1-2-12(13)18(23-17)24-14-5-4-10(19(25)26)8-11(14)9-21-24/h4-9H,1-3H2,(H,25,26). The number of aromatic carboxylic acids is 1. The monoisotopic (exact) mass is 396 g/mol. The van der Waals surface area contributed by atoms with Gasteiger partial charge in [0, 0.05) is 16.6 Å². The van der Waals surface area contributed by atoms with Crippen molar-refractivity contribution in [3.63, 3.8) is 0 Å². The zero-order valence-electron chi connectivity index (χ0n) is 14.0. The minimum absolute atomic E-state index is 0.240. The molecule has 134 valence electrons. The summed E-state index contributed by atoms with van der Waals surface area (Å²) in [4.78, 5) is 21.7. The molecule has 0 aliphatic heterocycles. The van der Waals surface area contributed by atoms with Crippen molar-refractivity contribution in [2.75, 3.05) is 0 Å². The van der Waals surface area contributed by atoms with Gasteiger partial charge >= 0.3 is 5.97 Å². The smallest absolute Gasteiger partial charge is 0.335 e. The lowest BCUT2D eigenvalue weighted by molar-refractivity contribution is 0.0697. The van der Waals surface area contributed by atoms with E-state index in [0.717, 1.165) is 52.1 Å². The van der Waals surface area contributed by atoms with E-state index in [9.17, 15) is 9.90 Å². The number of carboxylic acid groups (broad SMARTS) is 1. The molecule has 5 rings (SSSR count). The molecule has 0 fully saturated rings. The van der Waals surface area contributed by atoms with Crippen molar-refractivity contribution in [1.29, 1.82) is 0 Å². The number of aromatic nitrogens is 4. The van der Waals surface area contributed by atoms with Gasteiger partial charge in [-0.1, -0.05) is 11.6 Å². The van der Waals surface area contributed by atoms with Crippen LogP contribution in [0.5, 0.6) is 0 Å². The first-order chi connectivity index (χ1) is 13.1. The maximum absolute atomic E-state index is 11.2. The number of aryl methyl sites for hydroxylation is 1. The number of rotatable bonds is 3. The van der Waals surface area contributed by atoms with Gasteiger partial charge in [-0.15, -0.1) is 11.3 Å². The van der Waals surface area contributed by atoms with Crippen LogP contribution in [0.1, 0.15) is 28.0 Å². The number of hydrogen-bond donors (Lipinski definition) is 1. The Morgan fingerprint density at radius 2 is 2.07 bits per heavy atom. The van der Waals surface area contributed by atoms with Crippen LogP contribution in [-0.2, 0) is 12.8 Å². The number of carboxylic acids is 1. The van der Waals surface area contributed by atoms with Crippen LogP contribution in [0.4, 0.5) is 0 Å². The second kappa shape index (κ2) is 6.14. The van der Waals surface area contributed by atoms with Crippen LogP contribution in [0.15, 0.2) is 36.5 Å². The van der Waals surface area contributed by atoms with Gasteiger partial charge in [-0.05, 0) is 49.6 Å². The highest BCUT2D eigenvalue weighted by Crippen LogP contribution is 2.33. The third kappa shape index (κ3) is 2.70. The quantitative estimate of drug-likeness (QED) is 0.555. The molecule has 0 unspecified atom stereocenters. The Labute approximate surface area is 163 Å². The molecule has 0 saturated carbocycles. The molecule has 0 saturated heterocycles. The van der Waals surface area contributed by atoms with Crippen LogP contribution >= 0.6 is 22.9 Å². The Hall–Kier alpha value is -2.77. The minimum atomic E-state index is -0.954. The summed E-state index contributed by atoms with van der Waals surface area (Å²) < 4.78 is 2.48. The van der Waals surface area contributed by atoms with Gasteiger partial charge in [-0.2, -0.15) is 5.10 Å². The molecule has 1 aliphatic carbocycles. The lowest BCUT2D eigenvalue weighted by atomic mass is 10.1. The Bertz CT molecular complexity index is 1210. The highest BCUT2D eigenvalue weighted by molar-refractivity contribution is 7.19. The van der Waals surface area contributed by atoms with Gasteiger partial charge in [0.2, 0.25) is 0 Å². The van der Waals surface area contributed by atoms with Crippen molar-refractivity contribution in [3.05, 3.63) is 57.7 Å². The number of benzene rings is 1. The second-order valence-corrected chi connectivity index (χ2v) is 8.10. The van der Waals surface area contributed by atoms with Crippen molar-refractivity contribution in [2.45, 2.75) is 19.3 Å². The van der Waals surface area contributed by atoms with Crippen LogP contribution in [0.25, 0.3) is 27.4 Å². The molecule has 0 spiro atoms. The maximum atomic E-state index is 11.2. The SMILES string of the molecule is O=C(O)c1ccc2c(cnn2-c2nc(-c3ccc(Cl)s3)nc3c2CCC3)c1. The number of halogens is 1. The van der Waals surface area contributed by atoms with Gasteiger partial charge in [-0.25, -0.2) is 19.4 Å². The molecular weight excluding hydrogens is 384 g/mol. The molecule has 4 aromatic rings. The Morgan fingerprint density at radius 3 is 2.85 bits per heavy atom. The van der Waals surface area contributed by atoms with Crippen molar-refractivity contribution >= 4 is 39.8 Å². The lowest BCUT2D eigenvalue weighted by Gasteiger charge is -2.10. The molecule has 6 nitrogen and oxygen atoms in total. The van der Waals surface area contributed by atoms with E-state index >= 15 is 0 Å². The molecule has 1 aliphatic rings. The minimum Gasteiger partial charge on any atom is -0.478 e. The molecule has 3 aromatic heterocycles. The summed E-state index contributed by atoms with van der Waals surface area (Å²) in [5.41, 5.74) is 3.21. The molecule has 0 atom stereocenters. The van der Waals surface area contributed by atoms with E-state index in [1.54, 1.807) is 29.1 Å². The van der Waals surface area contributed by atoms with E-state index in [0.29, 0.717) is 10.2 Å². The average molecular weight is 397 g/mol. The van der Waals surface area contributed by atoms with Crippen LogP contribution in [0, 0.1) is 0 Å². The third-order valence-electron chi connectivity index (χ3n) is 4.72. The van der Waals surface area contributed by atoms with Crippen molar-refractivity contribution in [3.8, 4) is 16.5 Å². The van der Waals surface area contributed by atoms with E-state index in [-0.39, 0.29) is 5.56 Å². The summed E-state index contributed by atoms with van der Waals surface area (Å²) in [5, 5.41) is 14.5. The first kappa shape index (κ1) is 16.4. The number of hydrogen-bond acceptors (Lipinski definition) is 5. The fourth-order valence-electron chi connectivity index (χ4n) is 3.47. The van der Waals surface area contributed by atoms with Crippen molar-refractivity contribution < 1.29 is 9.90 Å². The number of nitrogens with zero attached hydrogens (tertiary/aromatic N) is 4. The molecule has 27 heavy (non-hydrogen) atoms. The first-order valence-corrected chi connectivity index (χ1v) is 9.66. The van der Waals surface area contributed by atoms with E-state index in [1.807, 2.05) is 12.1 Å². The molecule has 0 amide bonds. The van der Waals surface area contributed by atoms with E-state index in [1.165, 1.54) is 11.3 Å². The maximum Gasteiger partial charge on any atom is 0.335 e. The number of thiophene rings is 1. The predicted molar refractivity (Wildman–Crippen MR) is 104 cm³/mol. The van der Waals surface area contributed by atoms with E-state index in [4.69, 9.17) is 21.6 Å². The number of carbonyl (C=O) groups is 1. The zero-order chi connectivity index (χ0) is 18.5. The Balaban J connectivity index is 1.72. The Morgan fingerprint density at radius 1 is 1.19 bits per heavy atom. The van der Waals surface area contributed by atoms with E-state index in [2.05, 4.69) is 5.10 Å². The Kier molecular flexibility index (Phi) is 3.73. The average Bonchev–Trinajstić information content (AvgIpc) is 3.39. The number of fused-ring (bicyclic) bond motifs is 2. The summed E-state index contributed by atoms with van der Waals surface area (Å²) in [5.74, 6) is 0.452. The van der Waals surface area contributed by atoms with Gasteiger partial charge in [0.15, 0.2) is 11.6 Å². The molecule has 0 bridgehead atoms. The normalized spacial score (nSPS) is 13.2. The van der Waals surface area contributed by atoms with Gasteiger partial charge < -0.3 is 5.11 Å². The van der Waals surface area contributed by atoms with E-state index < -0.39 is 5.97 Å². The van der Waals surface area contributed by atoms with Crippen LogP contribution in [0.2, 0.25) is 4.34 Å². The highest BCUT2D eigenvalue weighted by Gasteiger charge is 2.23. The van der Waals surface area contributed by atoms with Gasteiger partial charge in [0.05, 0.1) is 26.5 Å². The molecule has 0 radical (unpaired) electrons. The van der Waals surface area contributed by atoms with Crippen LogP contribution in [0.3, 0.4) is 0 Å². The molecular formula is C19H13ClN4O2S. The fraction of sp³-hybridized carbons (Fsp3) is 0.158. The molecule has 1 N–H and O–H groups in total. The zero-order valence-corrected chi connectivity index (χ0v) is 15.6. The topological polar surface area (TPSA) is 80.9 Å².